The molecule has 0 aromatic heterocycles. The predicted molar refractivity (Wildman–Crippen MR) is 124 cm³/mol. The van der Waals surface area contributed by atoms with Crippen LogP contribution in [0.1, 0.15) is 57.8 Å². The van der Waals surface area contributed by atoms with Gasteiger partial charge in [-0.3, -0.25) is 0 Å². The van der Waals surface area contributed by atoms with E-state index in [1.165, 1.54) is 0 Å². The third kappa shape index (κ3) is 4.82. The van der Waals surface area contributed by atoms with Crippen molar-refractivity contribution in [1.82, 2.24) is 0 Å². The summed E-state index contributed by atoms with van der Waals surface area (Å²) in [5.74, 6) is -0.178. The van der Waals surface area contributed by atoms with E-state index in [-0.39, 0.29) is 42.4 Å². The molecule has 0 N–H and O–H groups in total. The molecule has 34 heavy (non-hydrogen) atoms. The van der Waals surface area contributed by atoms with Gasteiger partial charge in [0, 0.05) is 24.5 Å². The molecule has 4 saturated heterocycles. The van der Waals surface area contributed by atoms with Gasteiger partial charge in [0.2, 0.25) is 0 Å². The van der Waals surface area contributed by atoms with Crippen LogP contribution in [-0.4, -0.2) is 61.4 Å². The minimum atomic E-state index is -0.772. The van der Waals surface area contributed by atoms with Crippen molar-refractivity contribution in [3.05, 3.63) is 48.6 Å². The Labute approximate surface area is 201 Å². The smallest absolute Gasteiger partial charge is 0.335 e. The van der Waals surface area contributed by atoms with Crippen molar-refractivity contribution in [3.63, 3.8) is 0 Å². The van der Waals surface area contributed by atoms with Gasteiger partial charge in [-0.15, -0.1) is 6.58 Å². The van der Waals surface area contributed by atoms with Gasteiger partial charge in [-0.25, -0.2) is 4.79 Å². The second-order valence-corrected chi connectivity index (χ2v) is 10.2. The SMILES string of the molecule is C=C[C@@H](C)[C@H]1OCCC[C@@H]1O[C@H]1CC[C@@H]2O[C@@H]3CO[C@@H](c4ccccc4)O[C@H]3C[C@@]2(C)OC1=O. The Morgan fingerprint density at radius 1 is 1.12 bits per heavy atom. The molecule has 0 amide bonds. The largest absolute Gasteiger partial charge is 0.455 e. The second kappa shape index (κ2) is 10.1. The van der Waals surface area contributed by atoms with E-state index in [1.807, 2.05) is 43.3 Å². The van der Waals surface area contributed by atoms with Crippen molar-refractivity contribution in [3.8, 4) is 0 Å². The molecule has 5 rings (SSSR count). The number of hydrogen-bond donors (Lipinski definition) is 0. The molecular formula is C27H36O7. The van der Waals surface area contributed by atoms with E-state index in [4.69, 9.17) is 28.4 Å². The van der Waals surface area contributed by atoms with E-state index in [1.54, 1.807) is 0 Å². The Morgan fingerprint density at radius 3 is 2.74 bits per heavy atom. The average molecular weight is 473 g/mol. The maximum atomic E-state index is 13.2. The number of carbonyl (C=O) groups is 1. The lowest BCUT2D eigenvalue weighted by atomic mass is 9.84. The lowest BCUT2D eigenvalue weighted by Crippen LogP contribution is -2.59. The lowest BCUT2D eigenvalue weighted by molar-refractivity contribution is -0.316. The number of benzene rings is 1. The van der Waals surface area contributed by atoms with Crippen LogP contribution in [0.4, 0.5) is 0 Å². The summed E-state index contributed by atoms with van der Waals surface area (Å²) < 4.78 is 37.1. The van der Waals surface area contributed by atoms with Gasteiger partial charge < -0.3 is 28.4 Å². The van der Waals surface area contributed by atoms with Gasteiger partial charge in [0.05, 0.1) is 31.0 Å². The molecule has 4 aliphatic heterocycles. The van der Waals surface area contributed by atoms with Crippen molar-refractivity contribution < 1.29 is 33.2 Å². The highest BCUT2D eigenvalue weighted by molar-refractivity contribution is 5.75. The van der Waals surface area contributed by atoms with Crippen LogP contribution >= 0.6 is 0 Å². The molecule has 0 radical (unpaired) electrons. The molecule has 0 aliphatic carbocycles. The molecule has 7 heteroatoms. The van der Waals surface area contributed by atoms with E-state index in [0.29, 0.717) is 32.5 Å². The van der Waals surface area contributed by atoms with E-state index in [0.717, 1.165) is 18.4 Å². The van der Waals surface area contributed by atoms with E-state index < -0.39 is 18.0 Å². The molecule has 1 aromatic carbocycles. The van der Waals surface area contributed by atoms with Crippen LogP contribution in [0.2, 0.25) is 0 Å². The monoisotopic (exact) mass is 472 g/mol. The zero-order valence-corrected chi connectivity index (χ0v) is 20.1. The zero-order valence-electron chi connectivity index (χ0n) is 20.1. The standard InChI is InChI=1S/C27H36O7/c1-4-17(2)24-19(11-8-14-29-24)31-20-12-13-23-27(3,34-25(20)28)15-21-22(32-23)16-30-26(33-21)18-9-6-5-7-10-18/h4-7,9-10,17,19-24,26H,1,8,11-16H2,2-3H3/t17-,19+,20+,21+,22-,23+,24-,26-,27-/m1/s1. The summed E-state index contributed by atoms with van der Waals surface area (Å²) in [4.78, 5) is 13.2. The summed E-state index contributed by atoms with van der Waals surface area (Å²) in [5.41, 5.74) is 0.198. The minimum Gasteiger partial charge on any atom is -0.455 e. The Morgan fingerprint density at radius 2 is 1.94 bits per heavy atom. The average Bonchev–Trinajstić information content (AvgIpc) is 2.97. The van der Waals surface area contributed by atoms with Crippen LogP contribution in [0.15, 0.2) is 43.0 Å². The lowest BCUT2D eigenvalue weighted by Gasteiger charge is -2.49. The van der Waals surface area contributed by atoms with Crippen LogP contribution in [0.3, 0.4) is 0 Å². The predicted octanol–water partition coefficient (Wildman–Crippen LogP) is 4.11. The first-order valence-electron chi connectivity index (χ1n) is 12.6. The van der Waals surface area contributed by atoms with Crippen molar-refractivity contribution in [2.45, 2.75) is 94.5 Å². The quantitative estimate of drug-likeness (QED) is 0.472. The number of rotatable bonds is 5. The minimum absolute atomic E-state index is 0.0974. The van der Waals surface area contributed by atoms with Crippen molar-refractivity contribution >= 4 is 5.97 Å². The highest BCUT2D eigenvalue weighted by Crippen LogP contribution is 2.43. The van der Waals surface area contributed by atoms with E-state index in [9.17, 15) is 4.79 Å². The number of esters is 1. The highest BCUT2D eigenvalue weighted by Gasteiger charge is 2.53. The molecule has 4 heterocycles. The topological polar surface area (TPSA) is 72.5 Å². The molecule has 0 unspecified atom stereocenters. The van der Waals surface area contributed by atoms with Crippen LogP contribution in [-0.2, 0) is 33.2 Å². The molecule has 4 aliphatic rings. The van der Waals surface area contributed by atoms with Crippen LogP contribution in [0, 0.1) is 5.92 Å². The van der Waals surface area contributed by atoms with Gasteiger partial charge in [0.1, 0.15) is 11.7 Å². The van der Waals surface area contributed by atoms with Gasteiger partial charge in [-0.2, -0.15) is 0 Å². The van der Waals surface area contributed by atoms with Crippen molar-refractivity contribution in [2.24, 2.45) is 5.92 Å². The summed E-state index contributed by atoms with van der Waals surface area (Å²) >= 11 is 0. The van der Waals surface area contributed by atoms with Gasteiger partial charge >= 0.3 is 5.97 Å². The van der Waals surface area contributed by atoms with Crippen molar-refractivity contribution in [2.75, 3.05) is 13.2 Å². The maximum Gasteiger partial charge on any atom is 0.335 e. The van der Waals surface area contributed by atoms with Gasteiger partial charge in [0.15, 0.2) is 12.4 Å². The molecule has 7 nitrogen and oxygen atoms in total. The van der Waals surface area contributed by atoms with Crippen LogP contribution in [0.5, 0.6) is 0 Å². The van der Waals surface area contributed by atoms with Crippen LogP contribution < -0.4 is 0 Å². The van der Waals surface area contributed by atoms with Gasteiger partial charge in [-0.1, -0.05) is 43.3 Å². The zero-order chi connectivity index (χ0) is 23.7. The molecule has 186 valence electrons. The normalized spacial score (nSPS) is 41.4. The van der Waals surface area contributed by atoms with Crippen LogP contribution in [0.25, 0.3) is 0 Å². The number of hydrogen-bond acceptors (Lipinski definition) is 7. The summed E-state index contributed by atoms with van der Waals surface area (Å²) in [5, 5.41) is 0. The second-order valence-electron chi connectivity index (χ2n) is 10.2. The third-order valence-electron chi connectivity index (χ3n) is 7.65. The first-order valence-corrected chi connectivity index (χ1v) is 12.6. The van der Waals surface area contributed by atoms with Crippen molar-refractivity contribution in [1.29, 1.82) is 0 Å². The molecule has 1 aromatic rings. The fourth-order valence-corrected chi connectivity index (χ4v) is 5.63. The van der Waals surface area contributed by atoms with Gasteiger partial charge in [-0.05, 0) is 32.6 Å². The fourth-order valence-electron chi connectivity index (χ4n) is 5.63. The number of fused-ring (bicyclic) bond motifs is 2. The molecular weight excluding hydrogens is 436 g/mol. The Kier molecular flexibility index (Phi) is 7.09. The van der Waals surface area contributed by atoms with E-state index in [2.05, 4.69) is 13.5 Å². The van der Waals surface area contributed by atoms with Gasteiger partial charge in [0.25, 0.3) is 0 Å². The number of carbonyl (C=O) groups excluding carboxylic acids is 1. The molecule has 0 bridgehead atoms. The first-order chi connectivity index (χ1) is 16.5. The first kappa shape index (κ1) is 23.9. The Balaban J connectivity index is 1.26. The molecule has 0 saturated carbocycles. The summed E-state index contributed by atoms with van der Waals surface area (Å²) in [7, 11) is 0. The van der Waals surface area contributed by atoms with E-state index >= 15 is 0 Å². The highest BCUT2D eigenvalue weighted by atomic mass is 16.7. The summed E-state index contributed by atoms with van der Waals surface area (Å²) in [6, 6.07) is 9.87. The third-order valence-corrected chi connectivity index (χ3v) is 7.65. The number of ether oxygens (including phenoxy) is 6. The Hall–Kier alpha value is -1.77. The summed E-state index contributed by atoms with van der Waals surface area (Å²) in [6.07, 6.45) is 3.50. The maximum absolute atomic E-state index is 13.2. The summed E-state index contributed by atoms with van der Waals surface area (Å²) in [6.45, 7) is 9.08. The fraction of sp³-hybridized carbons (Fsp3) is 0.667. The molecule has 9 atom stereocenters. The molecule has 4 fully saturated rings. The Bertz CT molecular complexity index is 860. The molecule has 0 spiro atoms.